The van der Waals surface area contributed by atoms with Crippen LogP contribution in [0.25, 0.3) is 21.8 Å². The van der Waals surface area contributed by atoms with Crippen LogP contribution in [-0.2, 0) is 0 Å². The number of ketones is 1. The summed E-state index contributed by atoms with van der Waals surface area (Å²) >= 11 is 0. The molecule has 6 rings (SSSR count). The first-order valence-corrected chi connectivity index (χ1v) is 12.9. The molecule has 1 N–H and O–H groups in total. The quantitative estimate of drug-likeness (QED) is 0.0984. The number of para-hydroxylation sites is 4. The molecule has 0 unspecified atom stereocenters. The van der Waals surface area contributed by atoms with Gasteiger partial charge in [-0.1, -0.05) is 65.8 Å². The van der Waals surface area contributed by atoms with E-state index in [0.29, 0.717) is 34.3 Å². The minimum atomic E-state index is -0.0191. The fourth-order valence-electron chi connectivity index (χ4n) is 4.22. The molecule has 0 aliphatic carbocycles. The number of oxime groups is 1. The summed E-state index contributed by atoms with van der Waals surface area (Å²) in [5, 5.41) is 14.2. The van der Waals surface area contributed by atoms with Crippen LogP contribution in [0.15, 0.2) is 127 Å². The third kappa shape index (κ3) is 6.54. The van der Waals surface area contributed by atoms with Crippen molar-refractivity contribution < 1.29 is 19.5 Å². The van der Waals surface area contributed by atoms with E-state index >= 15 is 0 Å². The average Bonchev–Trinajstić information content (AvgIpc) is 3.01. The third-order valence-corrected chi connectivity index (χ3v) is 6.28. The third-order valence-electron chi connectivity index (χ3n) is 6.28. The fraction of sp³-hybridized carbons (Fsp3) is 0.0588. The number of carbonyl (C=O) groups excluding carboxylic acids is 1. The molecule has 0 saturated heterocycles. The summed E-state index contributed by atoms with van der Waals surface area (Å²) in [6.45, 7) is 3.25. The molecular weight excluding hydrogens is 514 g/mol. The summed E-state index contributed by atoms with van der Waals surface area (Å²) in [6.07, 6.45) is 3.35. The highest BCUT2D eigenvalue weighted by molar-refractivity contribution is 6.00. The minimum absolute atomic E-state index is 0.0191. The van der Waals surface area contributed by atoms with Crippen molar-refractivity contribution in [2.24, 2.45) is 5.16 Å². The van der Waals surface area contributed by atoms with Crippen LogP contribution in [0.4, 0.5) is 0 Å². The number of aromatic nitrogens is 2. The highest BCUT2D eigenvalue weighted by atomic mass is 16.5. The molecule has 0 atom stereocenters. The number of rotatable bonds is 6. The van der Waals surface area contributed by atoms with Crippen molar-refractivity contribution in [3.05, 3.63) is 133 Å². The normalized spacial score (nSPS) is 11.0. The van der Waals surface area contributed by atoms with E-state index in [0.717, 1.165) is 27.4 Å². The number of fused-ring (bicyclic) bond motifs is 2. The zero-order chi connectivity index (χ0) is 28.6. The van der Waals surface area contributed by atoms with Gasteiger partial charge in [-0.3, -0.25) is 14.8 Å². The van der Waals surface area contributed by atoms with E-state index < -0.39 is 0 Å². The average molecular weight is 542 g/mol. The standard InChI is InChI=1S/C17H14N2O2.C17H13NO2/c1-12(19-20)15-7-3-5-9-17(15)21-14-10-13-6-2-4-8-16(13)18-11-14;1-12(19)15-7-3-5-9-17(15)20-14-10-13-6-2-4-8-16(13)18-11-14/h2-11,20H,1H3;2-11H,1H3/b19-12+;. The van der Waals surface area contributed by atoms with Gasteiger partial charge in [0.1, 0.15) is 23.0 Å². The Labute approximate surface area is 237 Å². The van der Waals surface area contributed by atoms with Gasteiger partial charge in [0.15, 0.2) is 5.78 Å². The van der Waals surface area contributed by atoms with Crippen molar-refractivity contribution in [3.63, 3.8) is 0 Å². The molecule has 0 aliphatic heterocycles. The van der Waals surface area contributed by atoms with Gasteiger partial charge >= 0.3 is 0 Å². The summed E-state index contributed by atoms with van der Waals surface area (Å²) in [5.74, 6) is 2.43. The lowest BCUT2D eigenvalue weighted by atomic mass is 10.1. The molecule has 0 spiro atoms. The topological polar surface area (TPSA) is 93.9 Å². The van der Waals surface area contributed by atoms with Crippen LogP contribution in [0.2, 0.25) is 0 Å². The Bertz CT molecular complexity index is 1870. The fourth-order valence-corrected chi connectivity index (χ4v) is 4.22. The Balaban J connectivity index is 0.000000165. The van der Waals surface area contributed by atoms with E-state index in [2.05, 4.69) is 15.1 Å². The largest absolute Gasteiger partial charge is 0.455 e. The summed E-state index contributed by atoms with van der Waals surface area (Å²) in [4.78, 5) is 20.3. The number of hydrogen-bond donors (Lipinski definition) is 1. The maximum atomic E-state index is 11.6. The molecule has 0 amide bonds. The van der Waals surface area contributed by atoms with E-state index in [1.807, 2.05) is 97.1 Å². The molecule has 2 aromatic heterocycles. The van der Waals surface area contributed by atoms with Gasteiger partial charge in [0, 0.05) is 16.3 Å². The molecule has 6 aromatic rings. The summed E-state index contributed by atoms with van der Waals surface area (Å²) < 4.78 is 11.7. The smallest absolute Gasteiger partial charge is 0.163 e. The first-order chi connectivity index (χ1) is 20.0. The van der Waals surface area contributed by atoms with Gasteiger partial charge < -0.3 is 14.7 Å². The molecule has 0 fully saturated rings. The predicted octanol–water partition coefficient (Wildman–Crippen LogP) is 8.46. The number of carbonyl (C=O) groups is 1. The highest BCUT2D eigenvalue weighted by Gasteiger charge is 2.10. The van der Waals surface area contributed by atoms with Gasteiger partial charge in [0.05, 0.1) is 34.7 Å². The van der Waals surface area contributed by atoms with E-state index in [-0.39, 0.29) is 5.78 Å². The number of nitrogens with zero attached hydrogens (tertiary/aromatic N) is 3. The van der Waals surface area contributed by atoms with Crippen molar-refractivity contribution in [1.29, 1.82) is 0 Å². The Morgan fingerprint density at radius 3 is 1.59 bits per heavy atom. The molecule has 0 aliphatic rings. The Kier molecular flexibility index (Phi) is 8.26. The van der Waals surface area contributed by atoms with E-state index in [1.54, 1.807) is 31.5 Å². The molecule has 7 heteroatoms. The number of Topliss-reactive ketones (excluding diaryl/α,β-unsaturated/α-hetero) is 1. The van der Waals surface area contributed by atoms with Gasteiger partial charge in [-0.2, -0.15) is 0 Å². The molecule has 0 radical (unpaired) electrons. The Morgan fingerprint density at radius 1 is 0.634 bits per heavy atom. The van der Waals surface area contributed by atoms with E-state index in [9.17, 15) is 4.79 Å². The van der Waals surface area contributed by atoms with E-state index in [1.165, 1.54) is 6.92 Å². The molecule has 4 aromatic carbocycles. The number of benzene rings is 4. The van der Waals surface area contributed by atoms with Crippen LogP contribution in [-0.4, -0.2) is 26.7 Å². The monoisotopic (exact) mass is 541 g/mol. The molecule has 0 bridgehead atoms. The number of ether oxygens (including phenoxy) is 2. The molecule has 2 heterocycles. The molecular formula is C34H27N3O4. The SMILES string of the molecule is C/C(=N\O)c1ccccc1Oc1cnc2ccccc2c1.CC(=O)c1ccccc1Oc1cnc2ccccc2c1. The van der Waals surface area contributed by atoms with Crippen molar-refractivity contribution >= 4 is 33.3 Å². The van der Waals surface area contributed by atoms with Crippen molar-refractivity contribution in [3.8, 4) is 23.0 Å². The van der Waals surface area contributed by atoms with Crippen LogP contribution in [0.3, 0.4) is 0 Å². The molecule has 41 heavy (non-hydrogen) atoms. The molecule has 0 saturated carbocycles. The van der Waals surface area contributed by atoms with Gasteiger partial charge in [0.2, 0.25) is 0 Å². The number of hydrogen-bond acceptors (Lipinski definition) is 7. The van der Waals surface area contributed by atoms with E-state index in [4.69, 9.17) is 14.7 Å². The summed E-state index contributed by atoms with van der Waals surface area (Å²) in [6, 6.07) is 34.2. The summed E-state index contributed by atoms with van der Waals surface area (Å²) in [5.41, 5.74) is 3.65. The van der Waals surface area contributed by atoms with Gasteiger partial charge in [-0.25, -0.2) is 0 Å². The lowest BCUT2D eigenvalue weighted by Crippen LogP contribution is -1.98. The second-order valence-corrected chi connectivity index (χ2v) is 9.17. The lowest BCUT2D eigenvalue weighted by Gasteiger charge is -2.10. The highest BCUT2D eigenvalue weighted by Crippen LogP contribution is 2.28. The van der Waals surface area contributed by atoms with Crippen LogP contribution < -0.4 is 9.47 Å². The zero-order valence-corrected chi connectivity index (χ0v) is 22.6. The van der Waals surface area contributed by atoms with Crippen molar-refractivity contribution in [1.82, 2.24) is 9.97 Å². The Hall–Kier alpha value is -5.56. The second kappa shape index (κ2) is 12.5. The van der Waals surface area contributed by atoms with Crippen molar-refractivity contribution in [2.75, 3.05) is 0 Å². The van der Waals surface area contributed by atoms with Gasteiger partial charge in [0.25, 0.3) is 0 Å². The lowest BCUT2D eigenvalue weighted by molar-refractivity contribution is 0.101. The maximum absolute atomic E-state index is 11.6. The van der Waals surface area contributed by atoms with Crippen LogP contribution in [0, 0.1) is 0 Å². The molecule has 7 nitrogen and oxygen atoms in total. The summed E-state index contributed by atoms with van der Waals surface area (Å²) in [7, 11) is 0. The van der Waals surface area contributed by atoms with Gasteiger partial charge in [-0.05, 0) is 62.4 Å². The number of pyridine rings is 2. The zero-order valence-electron chi connectivity index (χ0n) is 22.6. The van der Waals surface area contributed by atoms with Crippen LogP contribution in [0.1, 0.15) is 29.8 Å². The van der Waals surface area contributed by atoms with Gasteiger partial charge in [-0.15, -0.1) is 0 Å². The predicted molar refractivity (Wildman–Crippen MR) is 161 cm³/mol. The molecule has 202 valence electrons. The van der Waals surface area contributed by atoms with Crippen molar-refractivity contribution in [2.45, 2.75) is 13.8 Å². The minimum Gasteiger partial charge on any atom is -0.455 e. The Morgan fingerprint density at radius 2 is 1.07 bits per heavy atom. The maximum Gasteiger partial charge on any atom is 0.163 e. The van der Waals surface area contributed by atoms with Crippen LogP contribution in [0.5, 0.6) is 23.0 Å². The first kappa shape index (κ1) is 27.0. The second-order valence-electron chi connectivity index (χ2n) is 9.17. The van der Waals surface area contributed by atoms with Crippen LogP contribution >= 0.6 is 0 Å². The first-order valence-electron chi connectivity index (χ1n) is 12.9.